The Morgan fingerprint density at radius 1 is 1.24 bits per heavy atom. The Morgan fingerprint density at radius 2 is 2.00 bits per heavy atom. The topological polar surface area (TPSA) is 88.2 Å². The molecule has 0 unspecified atom stereocenters. The predicted molar refractivity (Wildman–Crippen MR) is 64.7 cm³/mol. The Balaban J connectivity index is 2.24. The van der Waals surface area contributed by atoms with Gasteiger partial charge in [-0.15, -0.1) is 0 Å². The van der Waals surface area contributed by atoms with Crippen LogP contribution in [-0.2, 0) is 0 Å². The number of pyridine rings is 1. The summed E-state index contributed by atoms with van der Waals surface area (Å²) in [5, 5.41) is 12.0. The fourth-order valence-electron chi connectivity index (χ4n) is 1.36. The van der Waals surface area contributed by atoms with Gasteiger partial charge in [0.1, 0.15) is 5.75 Å². The number of para-hydroxylation sites is 1. The van der Waals surface area contributed by atoms with E-state index in [1.54, 1.807) is 24.3 Å². The van der Waals surface area contributed by atoms with Crippen LogP contribution in [0.3, 0.4) is 0 Å². The highest BCUT2D eigenvalue weighted by Crippen LogP contribution is 2.19. The van der Waals surface area contributed by atoms with Gasteiger partial charge in [-0.05, 0) is 24.3 Å². The van der Waals surface area contributed by atoms with Crippen LogP contribution in [-0.4, -0.2) is 16.0 Å². The molecular weight excluding hydrogens is 218 g/mol. The number of benzene rings is 1. The number of nitrogens with two attached hydrogens (primary N) is 1. The third-order valence-corrected chi connectivity index (χ3v) is 2.22. The molecule has 0 saturated carbocycles. The van der Waals surface area contributed by atoms with Crippen molar-refractivity contribution >= 4 is 17.4 Å². The van der Waals surface area contributed by atoms with Crippen LogP contribution >= 0.6 is 0 Å². The average molecular weight is 229 g/mol. The van der Waals surface area contributed by atoms with Crippen molar-refractivity contribution < 1.29 is 9.90 Å². The molecule has 0 fully saturated rings. The quantitative estimate of drug-likeness (QED) is 0.730. The summed E-state index contributed by atoms with van der Waals surface area (Å²) in [6, 6.07) is 9.57. The largest absolute Gasteiger partial charge is 0.507 e. The first-order valence-electron chi connectivity index (χ1n) is 4.98. The smallest absolute Gasteiger partial charge is 0.260 e. The van der Waals surface area contributed by atoms with Crippen molar-refractivity contribution in [3.05, 3.63) is 48.2 Å². The van der Waals surface area contributed by atoms with E-state index in [1.807, 2.05) is 0 Å². The minimum atomic E-state index is -0.450. The monoisotopic (exact) mass is 229 g/mol. The molecule has 4 N–H and O–H groups in total. The fraction of sp³-hybridized carbons (Fsp3) is 0. The lowest BCUT2D eigenvalue weighted by molar-refractivity contribution is 0.102. The van der Waals surface area contributed by atoms with Crippen LogP contribution in [0.5, 0.6) is 5.75 Å². The minimum Gasteiger partial charge on any atom is -0.507 e. The van der Waals surface area contributed by atoms with Crippen molar-refractivity contribution in [1.29, 1.82) is 0 Å². The summed E-state index contributed by atoms with van der Waals surface area (Å²) < 4.78 is 0. The zero-order chi connectivity index (χ0) is 12.3. The van der Waals surface area contributed by atoms with Gasteiger partial charge in [-0.1, -0.05) is 12.1 Å². The van der Waals surface area contributed by atoms with E-state index >= 15 is 0 Å². The first kappa shape index (κ1) is 10.9. The maximum atomic E-state index is 11.8. The second-order valence-corrected chi connectivity index (χ2v) is 3.41. The summed E-state index contributed by atoms with van der Waals surface area (Å²) in [7, 11) is 0. The van der Waals surface area contributed by atoms with Crippen LogP contribution in [0, 0.1) is 0 Å². The number of anilines is 2. The molecule has 0 bridgehead atoms. The molecule has 2 aromatic rings. The summed E-state index contributed by atoms with van der Waals surface area (Å²) in [6.07, 6.45) is 1.52. The van der Waals surface area contributed by atoms with Gasteiger partial charge < -0.3 is 16.2 Å². The molecule has 5 heteroatoms. The summed E-state index contributed by atoms with van der Waals surface area (Å²) in [5.41, 5.74) is 6.20. The van der Waals surface area contributed by atoms with Crippen molar-refractivity contribution in [3.63, 3.8) is 0 Å². The lowest BCUT2D eigenvalue weighted by Crippen LogP contribution is -2.14. The van der Waals surface area contributed by atoms with E-state index in [0.717, 1.165) is 0 Å². The van der Waals surface area contributed by atoms with E-state index in [1.165, 1.54) is 18.3 Å². The number of aromatic nitrogens is 1. The molecule has 0 saturated heterocycles. The highest BCUT2D eigenvalue weighted by molar-refractivity contribution is 6.06. The molecule has 0 atom stereocenters. The highest BCUT2D eigenvalue weighted by atomic mass is 16.3. The second-order valence-electron chi connectivity index (χ2n) is 3.41. The van der Waals surface area contributed by atoms with Gasteiger partial charge in [-0.3, -0.25) is 4.79 Å². The van der Waals surface area contributed by atoms with Gasteiger partial charge in [0.25, 0.3) is 5.91 Å². The van der Waals surface area contributed by atoms with Crippen molar-refractivity contribution in [2.24, 2.45) is 0 Å². The Hall–Kier alpha value is -2.56. The van der Waals surface area contributed by atoms with Crippen LogP contribution in [0.1, 0.15) is 10.4 Å². The third kappa shape index (κ3) is 2.34. The Kier molecular flexibility index (Phi) is 2.91. The van der Waals surface area contributed by atoms with E-state index in [0.29, 0.717) is 5.69 Å². The predicted octanol–water partition coefficient (Wildman–Crippen LogP) is 1.62. The molecule has 0 aliphatic rings. The number of hydrogen-bond donors (Lipinski definition) is 3. The number of phenols is 1. The normalized spacial score (nSPS) is 9.88. The molecule has 1 aromatic heterocycles. The lowest BCUT2D eigenvalue weighted by Gasteiger charge is -2.07. The third-order valence-electron chi connectivity index (χ3n) is 2.22. The van der Waals surface area contributed by atoms with E-state index in [-0.39, 0.29) is 17.1 Å². The number of rotatable bonds is 2. The first-order valence-corrected chi connectivity index (χ1v) is 4.98. The summed E-state index contributed by atoms with van der Waals surface area (Å²) >= 11 is 0. The fourth-order valence-corrected chi connectivity index (χ4v) is 1.36. The number of phenolic OH excluding ortho intramolecular Hbond substituents is 1. The number of amides is 1. The Labute approximate surface area is 97.9 Å². The van der Waals surface area contributed by atoms with Gasteiger partial charge in [-0.2, -0.15) is 0 Å². The minimum absolute atomic E-state index is 0.0838. The van der Waals surface area contributed by atoms with E-state index in [4.69, 9.17) is 5.73 Å². The highest BCUT2D eigenvalue weighted by Gasteiger charge is 2.11. The van der Waals surface area contributed by atoms with Gasteiger partial charge in [0, 0.05) is 6.20 Å². The molecule has 17 heavy (non-hydrogen) atoms. The van der Waals surface area contributed by atoms with Crippen molar-refractivity contribution in [2.45, 2.75) is 0 Å². The van der Waals surface area contributed by atoms with Crippen molar-refractivity contribution in [1.82, 2.24) is 4.98 Å². The number of aromatic hydroxyl groups is 1. The number of nitrogen functional groups attached to an aromatic ring is 1. The maximum absolute atomic E-state index is 11.8. The standard InChI is InChI=1S/C12H11N3O2/c13-9-5-3-7-14-11(9)15-12(17)8-4-1-2-6-10(8)16/h1-7,16H,13H2,(H,14,15,17). The number of hydrogen-bond acceptors (Lipinski definition) is 4. The lowest BCUT2D eigenvalue weighted by atomic mass is 10.2. The van der Waals surface area contributed by atoms with Gasteiger partial charge in [0.2, 0.25) is 0 Å². The Bertz CT molecular complexity index is 555. The summed E-state index contributed by atoms with van der Waals surface area (Å²) in [6.45, 7) is 0. The molecule has 1 aromatic carbocycles. The first-order chi connectivity index (χ1) is 8.18. The molecule has 0 radical (unpaired) electrons. The van der Waals surface area contributed by atoms with E-state index in [2.05, 4.69) is 10.3 Å². The van der Waals surface area contributed by atoms with Crippen LogP contribution in [0.25, 0.3) is 0 Å². The molecule has 5 nitrogen and oxygen atoms in total. The molecular formula is C12H11N3O2. The molecule has 0 spiro atoms. The van der Waals surface area contributed by atoms with Crippen LogP contribution < -0.4 is 11.1 Å². The zero-order valence-corrected chi connectivity index (χ0v) is 8.92. The van der Waals surface area contributed by atoms with E-state index in [9.17, 15) is 9.90 Å². The Morgan fingerprint density at radius 3 is 2.71 bits per heavy atom. The van der Waals surface area contributed by atoms with Gasteiger partial charge in [-0.25, -0.2) is 4.98 Å². The summed E-state index contributed by atoms with van der Waals surface area (Å²) in [4.78, 5) is 15.8. The average Bonchev–Trinajstić information content (AvgIpc) is 2.32. The van der Waals surface area contributed by atoms with Crippen LogP contribution in [0.4, 0.5) is 11.5 Å². The molecule has 0 aliphatic carbocycles. The maximum Gasteiger partial charge on any atom is 0.260 e. The molecule has 2 rings (SSSR count). The number of carbonyl (C=O) groups excluding carboxylic acids is 1. The number of carbonyl (C=O) groups is 1. The zero-order valence-electron chi connectivity index (χ0n) is 8.92. The number of nitrogens with one attached hydrogen (secondary N) is 1. The molecule has 86 valence electrons. The molecule has 1 heterocycles. The van der Waals surface area contributed by atoms with Gasteiger partial charge in [0.15, 0.2) is 5.82 Å². The van der Waals surface area contributed by atoms with Crippen molar-refractivity contribution in [3.8, 4) is 5.75 Å². The SMILES string of the molecule is Nc1cccnc1NC(=O)c1ccccc1O. The number of nitrogens with zero attached hydrogens (tertiary/aromatic N) is 1. The van der Waals surface area contributed by atoms with Crippen LogP contribution in [0.2, 0.25) is 0 Å². The van der Waals surface area contributed by atoms with Gasteiger partial charge >= 0.3 is 0 Å². The molecule has 0 aliphatic heterocycles. The summed E-state index contributed by atoms with van der Waals surface area (Å²) in [5.74, 6) is -0.256. The van der Waals surface area contributed by atoms with Crippen LogP contribution in [0.15, 0.2) is 42.6 Å². The van der Waals surface area contributed by atoms with Crippen molar-refractivity contribution in [2.75, 3.05) is 11.1 Å². The van der Waals surface area contributed by atoms with E-state index < -0.39 is 5.91 Å². The van der Waals surface area contributed by atoms with Gasteiger partial charge in [0.05, 0.1) is 11.3 Å². The molecule has 1 amide bonds. The second kappa shape index (κ2) is 4.52.